The lowest BCUT2D eigenvalue weighted by Gasteiger charge is -2.18. The molecule has 1 aliphatic carbocycles. The van der Waals surface area contributed by atoms with Gasteiger partial charge in [-0.05, 0) is 38.0 Å². The van der Waals surface area contributed by atoms with Crippen molar-refractivity contribution in [3.63, 3.8) is 0 Å². The number of sulfonamides is 1. The van der Waals surface area contributed by atoms with Gasteiger partial charge in [0.05, 0.1) is 18.5 Å². The lowest BCUT2D eigenvalue weighted by molar-refractivity contribution is -0.119. The van der Waals surface area contributed by atoms with Gasteiger partial charge in [0.1, 0.15) is 0 Å². The molecule has 6 atom stereocenters. The maximum atomic E-state index is 11.6. The van der Waals surface area contributed by atoms with E-state index in [-0.39, 0.29) is 18.4 Å². The van der Waals surface area contributed by atoms with Gasteiger partial charge in [0.15, 0.2) is 0 Å². The number of hydrogen-bond acceptors (Lipinski definition) is 6. The van der Waals surface area contributed by atoms with Crippen molar-refractivity contribution in [3.8, 4) is 0 Å². The zero-order valence-electron chi connectivity index (χ0n) is 17.6. The Hall–Kier alpha value is -0.570. The third kappa shape index (κ3) is 8.59. The fraction of sp³-hybridized carbons (Fsp3) is 0.857. The van der Waals surface area contributed by atoms with Gasteiger partial charge in [0.2, 0.25) is 15.9 Å². The summed E-state index contributed by atoms with van der Waals surface area (Å²) in [4.78, 5) is 11.6. The molecular formula is C21H37NO5S2. The van der Waals surface area contributed by atoms with Crippen molar-refractivity contribution >= 4 is 27.7 Å². The Morgan fingerprint density at radius 2 is 2.00 bits per heavy atom. The van der Waals surface area contributed by atoms with Crippen molar-refractivity contribution in [1.29, 1.82) is 0 Å². The molecule has 0 aromatic heterocycles. The van der Waals surface area contributed by atoms with Gasteiger partial charge in [-0.15, -0.1) is 0 Å². The van der Waals surface area contributed by atoms with Crippen LogP contribution in [0.4, 0.5) is 0 Å². The molecule has 168 valence electrons. The van der Waals surface area contributed by atoms with Crippen LogP contribution in [-0.2, 0) is 14.8 Å². The number of aliphatic hydroxyl groups is 2. The minimum Gasteiger partial charge on any atom is -0.392 e. The minimum absolute atomic E-state index is 0.124. The van der Waals surface area contributed by atoms with E-state index in [0.717, 1.165) is 57.6 Å². The molecule has 29 heavy (non-hydrogen) atoms. The van der Waals surface area contributed by atoms with Crippen LogP contribution in [0, 0.1) is 11.8 Å². The first kappa shape index (κ1) is 24.7. The molecule has 2 fully saturated rings. The highest BCUT2D eigenvalue weighted by Gasteiger charge is 2.47. The highest BCUT2D eigenvalue weighted by atomic mass is 32.2. The Morgan fingerprint density at radius 1 is 1.24 bits per heavy atom. The molecule has 8 heteroatoms. The summed E-state index contributed by atoms with van der Waals surface area (Å²) >= 11 is 1.96. The lowest BCUT2D eigenvalue weighted by atomic mass is 9.89. The first-order valence-electron chi connectivity index (χ1n) is 10.9. The number of nitrogens with one attached hydrogen (secondary N) is 1. The number of hydrogen-bond donors (Lipinski definition) is 3. The van der Waals surface area contributed by atoms with Gasteiger partial charge < -0.3 is 10.2 Å². The van der Waals surface area contributed by atoms with Gasteiger partial charge in [-0.2, -0.15) is 11.8 Å². The summed E-state index contributed by atoms with van der Waals surface area (Å²) in [5, 5.41) is 21.6. The monoisotopic (exact) mass is 447 g/mol. The number of unbranched alkanes of at least 4 members (excludes halogenated alkanes) is 3. The highest BCUT2D eigenvalue weighted by Crippen LogP contribution is 2.52. The normalized spacial score (nSPS) is 30.6. The van der Waals surface area contributed by atoms with Crippen LogP contribution in [0.1, 0.15) is 71.1 Å². The molecule has 1 heterocycles. The topological polar surface area (TPSA) is 104 Å². The van der Waals surface area contributed by atoms with Crippen LogP contribution in [0.2, 0.25) is 0 Å². The third-order valence-electron chi connectivity index (χ3n) is 5.93. The van der Waals surface area contributed by atoms with Gasteiger partial charge in [0.25, 0.3) is 0 Å². The molecule has 1 aliphatic heterocycles. The summed E-state index contributed by atoms with van der Waals surface area (Å²) in [5.74, 6) is 0.140. The van der Waals surface area contributed by atoms with Crippen LogP contribution in [0.15, 0.2) is 12.2 Å². The second-order valence-corrected chi connectivity index (χ2v) is 11.9. The van der Waals surface area contributed by atoms with Crippen molar-refractivity contribution in [2.24, 2.45) is 11.8 Å². The third-order valence-corrected chi connectivity index (χ3v) is 8.23. The molecule has 1 amide bonds. The number of amides is 1. The molecular weight excluding hydrogens is 410 g/mol. The van der Waals surface area contributed by atoms with Crippen molar-refractivity contribution < 1.29 is 23.4 Å². The fourth-order valence-corrected chi connectivity index (χ4v) is 6.95. The number of carbonyl (C=O) groups is 1. The molecule has 1 saturated heterocycles. The van der Waals surface area contributed by atoms with Crippen LogP contribution >= 0.6 is 11.8 Å². The average Bonchev–Trinajstić information content (AvgIpc) is 3.12. The standard InChI is InChI=1S/C21H37NO5S2/c1-3-4-5-8-15(23)11-12-17-18-13-16(28-20(18)14-19(17)24)9-6-7-10-21(25)22-29(2,26)27/h11-12,15-20,23-24H,3-10,13-14H2,1-2H3,(H,22,25)/b12-11+/t15-,16?,17+,18+,19+,20-/m0/s1. The van der Waals surface area contributed by atoms with Crippen LogP contribution < -0.4 is 4.72 Å². The van der Waals surface area contributed by atoms with Gasteiger partial charge in [-0.1, -0.05) is 44.8 Å². The van der Waals surface area contributed by atoms with Crippen molar-refractivity contribution in [2.45, 2.75) is 93.8 Å². The first-order valence-corrected chi connectivity index (χ1v) is 13.7. The second kappa shape index (κ2) is 11.7. The van der Waals surface area contributed by atoms with E-state index in [9.17, 15) is 23.4 Å². The number of fused-ring (bicyclic) bond motifs is 1. The van der Waals surface area contributed by atoms with Crippen molar-refractivity contribution in [1.82, 2.24) is 4.72 Å². The number of carbonyl (C=O) groups excluding carboxylic acids is 1. The zero-order valence-corrected chi connectivity index (χ0v) is 19.3. The van der Waals surface area contributed by atoms with Gasteiger partial charge in [-0.3, -0.25) is 9.52 Å². The summed E-state index contributed by atoms with van der Waals surface area (Å²) in [6.45, 7) is 2.15. The molecule has 2 aliphatic rings. The van der Waals surface area contributed by atoms with Gasteiger partial charge >= 0.3 is 0 Å². The largest absolute Gasteiger partial charge is 0.392 e. The molecule has 0 aromatic carbocycles. The summed E-state index contributed by atoms with van der Waals surface area (Å²) in [6, 6.07) is 0. The minimum atomic E-state index is -3.47. The highest BCUT2D eigenvalue weighted by molar-refractivity contribution is 8.00. The summed E-state index contributed by atoms with van der Waals surface area (Å²) < 4.78 is 24.1. The Morgan fingerprint density at radius 3 is 2.69 bits per heavy atom. The zero-order chi connectivity index (χ0) is 21.4. The first-order chi connectivity index (χ1) is 13.7. The van der Waals surface area contributed by atoms with E-state index >= 15 is 0 Å². The number of rotatable bonds is 12. The average molecular weight is 448 g/mol. The Bertz CT molecular complexity index is 651. The van der Waals surface area contributed by atoms with Crippen LogP contribution in [0.3, 0.4) is 0 Å². The van der Waals surface area contributed by atoms with E-state index in [1.165, 1.54) is 0 Å². The van der Waals surface area contributed by atoms with E-state index in [4.69, 9.17) is 0 Å². The second-order valence-electron chi connectivity index (χ2n) is 8.57. The Balaban J connectivity index is 1.72. The maximum absolute atomic E-state index is 11.6. The van der Waals surface area contributed by atoms with Gasteiger partial charge in [0, 0.05) is 22.8 Å². The summed E-state index contributed by atoms with van der Waals surface area (Å²) in [6.07, 6.45) is 13.0. The molecule has 2 rings (SSSR count). The molecule has 1 saturated carbocycles. The Labute approximate surface area is 180 Å². The van der Waals surface area contributed by atoms with Crippen LogP contribution in [0.5, 0.6) is 0 Å². The molecule has 3 N–H and O–H groups in total. The summed E-state index contributed by atoms with van der Waals surface area (Å²) in [7, 11) is -3.47. The number of aliphatic hydroxyl groups excluding tert-OH is 2. The SMILES string of the molecule is CCCCC[C@H](O)/C=C/[C@@H]1[C@H]2CC(CCCCC(=O)NS(C)(=O)=O)S[C@H]2C[C@H]1O. The van der Waals surface area contributed by atoms with Crippen molar-refractivity contribution in [2.75, 3.05) is 6.26 Å². The van der Waals surface area contributed by atoms with Crippen LogP contribution in [0.25, 0.3) is 0 Å². The molecule has 0 aromatic rings. The predicted molar refractivity (Wildman–Crippen MR) is 118 cm³/mol. The van der Waals surface area contributed by atoms with E-state index in [1.807, 2.05) is 28.6 Å². The Kier molecular flexibility index (Phi) is 9.98. The molecule has 0 radical (unpaired) electrons. The lowest BCUT2D eigenvalue weighted by Crippen LogP contribution is -2.28. The molecule has 0 spiro atoms. The smallest absolute Gasteiger partial charge is 0.233 e. The van der Waals surface area contributed by atoms with E-state index < -0.39 is 22.0 Å². The van der Waals surface area contributed by atoms with E-state index in [0.29, 0.717) is 22.8 Å². The van der Waals surface area contributed by atoms with Gasteiger partial charge in [-0.25, -0.2) is 8.42 Å². The predicted octanol–water partition coefficient (Wildman–Crippen LogP) is 2.99. The molecule has 1 unspecified atom stereocenters. The maximum Gasteiger partial charge on any atom is 0.233 e. The van der Waals surface area contributed by atoms with Crippen molar-refractivity contribution in [3.05, 3.63) is 12.2 Å². The van der Waals surface area contributed by atoms with Crippen LogP contribution in [-0.4, -0.2) is 53.5 Å². The molecule has 0 bridgehead atoms. The fourth-order valence-electron chi connectivity index (χ4n) is 4.50. The van der Waals surface area contributed by atoms with E-state index in [2.05, 4.69) is 6.92 Å². The molecule has 6 nitrogen and oxygen atoms in total. The van der Waals surface area contributed by atoms with E-state index in [1.54, 1.807) is 0 Å². The quantitative estimate of drug-likeness (QED) is 0.314. The number of thioether (sulfide) groups is 1. The summed E-state index contributed by atoms with van der Waals surface area (Å²) in [5.41, 5.74) is 0.